The first kappa shape index (κ1) is 17.9. The summed E-state index contributed by atoms with van der Waals surface area (Å²) in [5.74, 6) is -0.398. The lowest BCUT2D eigenvalue weighted by molar-refractivity contribution is 0.0246. The van der Waals surface area contributed by atoms with E-state index in [2.05, 4.69) is 5.32 Å². The molecule has 6 nitrogen and oxygen atoms in total. The molecular formula is C16H24N2O4S. The summed E-state index contributed by atoms with van der Waals surface area (Å²) in [4.78, 5) is 12.3. The SMILES string of the molecule is Cc1c(C(=O)NCC2(O)CCCCCC2)cccc1S(N)(=O)=O. The first-order valence-electron chi connectivity index (χ1n) is 7.86. The van der Waals surface area contributed by atoms with Gasteiger partial charge in [-0.15, -0.1) is 0 Å². The van der Waals surface area contributed by atoms with E-state index in [1.54, 1.807) is 13.0 Å². The van der Waals surface area contributed by atoms with E-state index in [0.29, 0.717) is 18.4 Å². The lowest BCUT2D eigenvalue weighted by atomic mass is 9.94. The van der Waals surface area contributed by atoms with E-state index >= 15 is 0 Å². The largest absolute Gasteiger partial charge is 0.388 e. The summed E-state index contributed by atoms with van der Waals surface area (Å²) in [5.41, 5.74) is -0.299. The van der Waals surface area contributed by atoms with Gasteiger partial charge in [0.05, 0.1) is 10.5 Å². The molecule has 0 spiro atoms. The van der Waals surface area contributed by atoms with E-state index in [4.69, 9.17) is 5.14 Å². The molecule has 1 aromatic carbocycles. The first-order valence-corrected chi connectivity index (χ1v) is 9.41. The van der Waals surface area contributed by atoms with Crippen LogP contribution in [0.2, 0.25) is 0 Å². The van der Waals surface area contributed by atoms with Crippen LogP contribution in [0.1, 0.15) is 54.4 Å². The summed E-state index contributed by atoms with van der Waals surface area (Å²) in [6, 6.07) is 4.42. The second-order valence-electron chi connectivity index (χ2n) is 6.29. The number of nitrogens with one attached hydrogen (secondary N) is 1. The predicted octanol–water partition coefficient (Wildman–Crippen LogP) is 1.46. The molecule has 128 valence electrons. The number of aliphatic hydroxyl groups is 1. The van der Waals surface area contributed by atoms with Crippen molar-refractivity contribution >= 4 is 15.9 Å². The van der Waals surface area contributed by atoms with Crippen molar-refractivity contribution in [2.45, 2.75) is 55.9 Å². The Morgan fingerprint density at radius 3 is 2.43 bits per heavy atom. The Morgan fingerprint density at radius 1 is 1.26 bits per heavy atom. The third-order valence-corrected chi connectivity index (χ3v) is 5.50. The van der Waals surface area contributed by atoms with Crippen LogP contribution in [-0.4, -0.2) is 31.6 Å². The van der Waals surface area contributed by atoms with Crippen molar-refractivity contribution in [2.75, 3.05) is 6.54 Å². The number of rotatable bonds is 4. The van der Waals surface area contributed by atoms with E-state index in [1.807, 2.05) is 0 Å². The molecule has 0 saturated heterocycles. The molecule has 1 aliphatic rings. The Balaban J connectivity index is 2.12. The second-order valence-corrected chi connectivity index (χ2v) is 7.82. The van der Waals surface area contributed by atoms with Crippen molar-refractivity contribution in [3.8, 4) is 0 Å². The highest BCUT2D eigenvalue weighted by molar-refractivity contribution is 7.89. The molecule has 1 amide bonds. The third-order valence-electron chi connectivity index (χ3n) is 4.45. The summed E-state index contributed by atoms with van der Waals surface area (Å²) in [5, 5.41) is 18.5. The van der Waals surface area contributed by atoms with Crippen molar-refractivity contribution in [3.05, 3.63) is 29.3 Å². The van der Waals surface area contributed by atoms with Gasteiger partial charge < -0.3 is 10.4 Å². The molecule has 2 rings (SSSR count). The number of hydrogen-bond acceptors (Lipinski definition) is 4. The zero-order chi connectivity index (χ0) is 17.1. The molecule has 1 saturated carbocycles. The zero-order valence-corrected chi connectivity index (χ0v) is 14.2. The Kier molecular flexibility index (Phi) is 5.44. The van der Waals surface area contributed by atoms with Crippen molar-refractivity contribution in [1.82, 2.24) is 5.32 Å². The summed E-state index contributed by atoms with van der Waals surface area (Å²) in [7, 11) is -3.87. The van der Waals surface area contributed by atoms with Crippen LogP contribution >= 0.6 is 0 Å². The van der Waals surface area contributed by atoms with Gasteiger partial charge in [-0.25, -0.2) is 13.6 Å². The maximum Gasteiger partial charge on any atom is 0.251 e. The van der Waals surface area contributed by atoms with Gasteiger partial charge in [-0.3, -0.25) is 4.79 Å². The topological polar surface area (TPSA) is 109 Å². The van der Waals surface area contributed by atoms with Gasteiger partial charge in [0.25, 0.3) is 5.91 Å². The van der Waals surface area contributed by atoms with Gasteiger partial charge in [-0.2, -0.15) is 0 Å². The molecular weight excluding hydrogens is 316 g/mol. The molecule has 23 heavy (non-hydrogen) atoms. The highest BCUT2D eigenvalue weighted by Crippen LogP contribution is 2.26. The highest BCUT2D eigenvalue weighted by Gasteiger charge is 2.29. The Bertz CT molecular complexity index is 677. The minimum atomic E-state index is -3.87. The number of hydrogen-bond donors (Lipinski definition) is 3. The van der Waals surface area contributed by atoms with Crippen LogP contribution in [0.15, 0.2) is 23.1 Å². The van der Waals surface area contributed by atoms with E-state index in [1.165, 1.54) is 12.1 Å². The van der Waals surface area contributed by atoms with Crippen molar-refractivity contribution in [2.24, 2.45) is 5.14 Å². The van der Waals surface area contributed by atoms with Gasteiger partial charge in [-0.05, 0) is 37.5 Å². The van der Waals surface area contributed by atoms with Crippen LogP contribution in [0, 0.1) is 6.92 Å². The molecule has 4 N–H and O–H groups in total. The van der Waals surface area contributed by atoms with E-state index in [9.17, 15) is 18.3 Å². The molecule has 0 heterocycles. The maximum absolute atomic E-state index is 12.4. The summed E-state index contributed by atoms with van der Waals surface area (Å²) < 4.78 is 23.1. The summed E-state index contributed by atoms with van der Waals surface area (Å²) in [6.45, 7) is 1.72. The summed E-state index contributed by atoms with van der Waals surface area (Å²) >= 11 is 0. The fourth-order valence-electron chi connectivity index (χ4n) is 3.07. The Labute approximate surface area is 137 Å². The number of amides is 1. The zero-order valence-electron chi connectivity index (χ0n) is 13.3. The molecule has 0 unspecified atom stereocenters. The average Bonchev–Trinajstić information content (AvgIpc) is 2.69. The van der Waals surface area contributed by atoms with Gasteiger partial charge in [-0.1, -0.05) is 31.7 Å². The number of carbonyl (C=O) groups is 1. The molecule has 0 aromatic heterocycles. The van der Waals surface area contributed by atoms with Crippen LogP contribution in [-0.2, 0) is 10.0 Å². The van der Waals surface area contributed by atoms with Crippen LogP contribution in [0.3, 0.4) is 0 Å². The van der Waals surface area contributed by atoms with E-state index in [-0.39, 0.29) is 17.0 Å². The van der Waals surface area contributed by atoms with Crippen LogP contribution in [0.5, 0.6) is 0 Å². The predicted molar refractivity (Wildman–Crippen MR) is 87.5 cm³/mol. The summed E-state index contributed by atoms with van der Waals surface area (Å²) in [6.07, 6.45) is 5.45. The molecule has 1 aliphatic carbocycles. The molecule has 1 aromatic rings. The fraction of sp³-hybridized carbons (Fsp3) is 0.562. The van der Waals surface area contributed by atoms with Gasteiger partial charge in [0.2, 0.25) is 10.0 Å². The quantitative estimate of drug-likeness (QED) is 0.721. The minimum absolute atomic E-state index is 0.0571. The van der Waals surface area contributed by atoms with Crippen molar-refractivity contribution in [1.29, 1.82) is 0 Å². The molecule has 0 bridgehead atoms. The molecule has 0 aliphatic heterocycles. The highest BCUT2D eigenvalue weighted by atomic mass is 32.2. The minimum Gasteiger partial charge on any atom is -0.388 e. The van der Waals surface area contributed by atoms with Gasteiger partial charge in [0.1, 0.15) is 0 Å². The number of benzene rings is 1. The first-order chi connectivity index (χ1) is 10.7. The van der Waals surface area contributed by atoms with E-state index < -0.39 is 21.5 Å². The smallest absolute Gasteiger partial charge is 0.251 e. The maximum atomic E-state index is 12.4. The second kappa shape index (κ2) is 6.98. The van der Waals surface area contributed by atoms with Crippen molar-refractivity contribution < 1.29 is 18.3 Å². The molecule has 0 atom stereocenters. The average molecular weight is 340 g/mol. The van der Waals surface area contributed by atoms with E-state index in [0.717, 1.165) is 25.7 Å². The number of nitrogens with two attached hydrogens (primary N) is 1. The van der Waals surface area contributed by atoms with Crippen LogP contribution in [0.25, 0.3) is 0 Å². The fourth-order valence-corrected chi connectivity index (χ4v) is 3.88. The monoisotopic (exact) mass is 340 g/mol. The lowest BCUT2D eigenvalue weighted by Crippen LogP contribution is -2.42. The Hall–Kier alpha value is -1.44. The third kappa shape index (κ3) is 4.53. The van der Waals surface area contributed by atoms with Gasteiger partial charge in [0, 0.05) is 12.1 Å². The van der Waals surface area contributed by atoms with Crippen molar-refractivity contribution in [3.63, 3.8) is 0 Å². The number of sulfonamides is 1. The number of primary sulfonamides is 1. The molecule has 1 fully saturated rings. The number of carbonyl (C=O) groups excluding carboxylic acids is 1. The lowest BCUT2D eigenvalue weighted by Gasteiger charge is -2.27. The normalized spacial score (nSPS) is 18.2. The van der Waals surface area contributed by atoms with Crippen LogP contribution in [0.4, 0.5) is 0 Å². The molecule has 7 heteroatoms. The van der Waals surface area contributed by atoms with Crippen LogP contribution < -0.4 is 10.5 Å². The standard InChI is InChI=1S/C16H24N2O4S/c1-12-13(7-6-8-14(12)23(17,21)22)15(19)18-11-16(20)9-4-2-3-5-10-16/h6-8,20H,2-5,9-11H2,1H3,(H,18,19)(H2,17,21,22). The van der Waals surface area contributed by atoms with Gasteiger partial charge in [0.15, 0.2) is 0 Å². The Morgan fingerprint density at radius 2 is 1.87 bits per heavy atom. The molecule has 0 radical (unpaired) electrons. The van der Waals surface area contributed by atoms with Gasteiger partial charge >= 0.3 is 0 Å².